The van der Waals surface area contributed by atoms with Crippen LogP contribution in [0.15, 0.2) is 54.6 Å². The second kappa shape index (κ2) is 11.2. The molecule has 1 saturated heterocycles. The van der Waals surface area contributed by atoms with E-state index in [4.69, 9.17) is 16.3 Å². The van der Waals surface area contributed by atoms with Crippen molar-refractivity contribution in [3.63, 3.8) is 0 Å². The smallest absolute Gasteiger partial charge is 0.293 e. The lowest BCUT2D eigenvalue weighted by Crippen LogP contribution is -2.26. The molecule has 1 aromatic heterocycles. The summed E-state index contributed by atoms with van der Waals surface area (Å²) in [5.41, 5.74) is 2.98. The molecule has 0 aliphatic carbocycles. The molecule has 4 rings (SSSR count). The van der Waals surface area contributed by atoms with Gasteiger partial charge in [0.25, 0.3) is 6.47 Å². The summed E-state index contributed by atoms with van der Waals surface area (Å²) in [5.74, 6) is 2.14. The molecule has 0 radical (unpaired) electrons. The highest BCUT2D eigenvalue weighted by atomic mass is 35.5. The lowest BCUT2D eigenvalue weighted by molar-refractivity contribution is -0.138. The van der Waals surface area contributed by atoms with Crippen LogP contribution in [0.25, 0.3) is 11.3 Å². The highest BCUT2D eigenvalue weighted by Crippen LogP contribution is 2.29. The van der Waals surface area contributed by atoms with Crippen LogP contribution in [0, 0.1) is 0 Å². The van der Waals surface area contributed by atoms with Gasteiger partial charge in [-0.25, -0.2) is 0 Å². The molecule has 3 aromatic rings. The fourth-order valence-electron chi connectivity index (χ4n) is 3.30. The third kappa shape index (κ3) is 7.39. The highest BCUT2D eigenvalue weighted by molar-refractivity contribution is 6.30. The summed E-state index contributed by atoms with van der Waals surface area (Å²) in [7, 11) is 0. The average Bonchev–Trinajstić information content (AvgIpc) is 3.27. The Balaban J connectivity index is 0.000000360. The van der Waals surface area contributed by atoms with Crippen molar-refractivity contribution in [1.82, 2.24) is 15.5 Å². The van der Waals surface area contributed by atoms with Crippen molar-refractivity contribution in [2.24, 2.45) is 0 Å². The Morgan fingerprint density at radius 1 is 1.00 bits per heavy atom. The molecule has 0 bridgehead atoms. The molecule has 0 saturated carbocycles. The number of aromatic amines is 1. The van der Waals surface area contributed by atoms with Gasteiger partial charge in [0.1, 0.15) is 17.1 Å². The Morgan fingerprint density at radius 2 is 1.59 bits per heavy atom. The standard InChI is InChI=1S/C20H20ClN3O.C5H10O2/c21-16-3-7-18(8-4-16)25-17-5-1-14(2-6-17)19-13-20(24-23-19)15-9-11-22-12-10-15;1-5(2,3)7-4-6/h1-8,13,15,22H,9-12H2,(H,23,24);4H,1-3H3. The van der Waals surface area contributed by atoms with Gasteiger partial charge in [0, 0.05) is 22.2 Å². The van der Waals surface area contributed by atoms with Crippen LogP contribution in [-0.2, 0) is 9.53 Å². The number of benzene rings is 2. The van der Waals surface area contributed by atoms with Gasteiger partial charge in [0.2, 0.25) is 0 Å². The highest BCUT2D eigenvalue weighted by Gasteiger charge is 2.17. The summed E-state index contributed by atoms with van der Waals surface area (Å²) in [6, 6.07) is 17.5. The first-order chi connectivity index (χ1) is 15.3. The molecule has 1 aliphatic rings. The van der Waals surface area contributed by atoms with Crippen molar-refractivity contribution in [3.05, 3.63) is 65.3 Å². The van der Waals surface area contributed by atoms with Crippen molar-refractivity contribution in [3.8, 4) is 22.8 Å². The van der Waals surface area contributed by atoms with E-state index < -0.39 is 0 Å². The van der Waals surface area contributed by atoms with Crippen molar-refractivity contribution in [2.45, 2.75) is 45.1 Å². The number of aromatic nitrogens is 2. The van der Waals surface area contributed by atoms with E-state index >= 15 is 0 Å². The van der Waals surface area contributed by atoms with E-state index in [9.17, 15) is 4.79 Å². The average molecular weight is 456 g/mol. The van der Waals surface area contributed by atoms with Crippen LogP contribution in [0.5, 0.6) is 11.5 Å². The third-order valence-corrected chi connectivity index (χ3v) is 5.23. The zero-order valence-corrected chi connectivity index (χ0v) is 19.5. The minimum absolute atomic E-state index is 0.318. The molecule has 7 heteroatoms. The first-order valence-corrected chi connectivity index (χ1v) is 11.1. The molecule has 2 aromatic carbocycles. The molecule has 0 unspecified atom stereocenters. The summed E-state index contributed by atoms with van der Waals surface area (Å²) in [6.07, 6.45) is 2.32. The Bertz CT molecular complexity index is 973. The number of rotatable bonds is 5. The second-order valence-corrected chi connectivity index (χ2v) is 9.08. The number of piperidine rings is 1. The summed E-state index contributed by atoms with van der Waals surface area (Å²) < 4.78 is 10.4. The van der Waals surface area contributed by atoms with Crippen molar-refractivity contribution in [2.75, 3.05) is 13.1 Å². The van der Waals surface area contributed by atoms with Crippen LogP contribution < -0.4 is 10.1 Å². The van der Waals surface area contributed by atoms with Crippen LogP contribution in [-0.4, -0.2) is 35.4 Å². The van der Waals surface area contributed by atoms with Crippen LogP contribution in [0.2, 0.25) is 5.02 Å². The Kier molecular flexibility index (Phi) is 8.31. The summed E-state index contributed by atoms with van der Waals surface area (Å²) in [5, 5.41) is 11.8. The SMILES string of the molecule is CC(C)(C)OC=O.Clc1ccc(Oc2ccc(-c3cc(C4CCNCC4)[nH]n3)cc2)cc1. The van der Waals surface area contributed by atoms with E-state index in [0.717, 1.165) is 48.7 Å². The van der Waals surface area contributed by atoms with Crippen molar-refractivity contribution >= 4 is 18.1 Å². The van der Waals surface area contributed by atoms with Gasteiger partial charge in [0.05, 0.1) is 5.69 Å². The number of hydrogen-bond acceptors (Lipinski definition) is 5. The van der Waals surface area contributed by atoms with E-state index in [1.54, 1.807) is 0 Å². The minimum Gasteiger partial charge on any atom is -0.462 e. The van der Waals surface area contributed by atoms with Crippen LogP contribution in [0.3, 0.4) is 0 Å². The molecule has 0 amide bonds. The summed E-state index contributed by atoms with van der Waals surface area (Å²) >= 11 is 5.89. The monoisotopic (exact) mass is 455 g/mol. The van der Waals surface area contributed by atoms with E-state index in [1.165, 1.54) is 5.69 Å². The van der Waals surface area contributed by atoms with Gasteiger partial charge in [-0.3, -0.25) is 9.89 Å². The number of carbonyl (C=O) groups is 1. The fourth-order valence-corrected chi connectivity index (χ4v) is 3.43. The fraction of sp³-hybridized carbons (Fsp3) is 0.360. The van der Waals surface area contributed by atoms with Crippen LogP contribution in [0.4, 0.5) is 0 Å². The lowest BCUT2D eigenvalue weighted by atomic mass is 9.94. The molecule has 170 valence electrons. The topological polar surface area (TPSA) is 76.2 Å². The first-order valence-electron chi connectivity index (χ1n) is 10.8. The van der Waals surface area contributed by atoms with E-state index in [0.29, 0.717) is 17.4 Å². The molecule has 6 nitrogen and oxygen atoms in total. The van der Waals surface area contributed by atoms with E-state index in [1.807, 2.05) is 69.3 Å². The normalized spacial score (nSPS) is 14.2. The molecule has 2 heterocycles. The molecular formula is C25H30ClN3O3. The Hall–Kier alpha value is -2.83. The van der Waals surface area contributed by atoms with Gasteiger partial charge >= 0.3 is 0 Å². The maximum Gasteiger partial charge on any atom is 0.293 e. The third-order valence-electron chi connectivity index (χ3n) is 4.98. The molecule has 0 spiro atoms. The molecule has 1 fully saturated rings. The largest absolute Gasteiger partial charge is 0.462 e. The number of halogens is 1. The number of nitrogens with one attached hydrogen (secondary N) is 2. The number of hydrogen-bond donors (Lipinski definition) is 2. The van der Waals surface area contributed by atoms with Crippen LogP contribution in [0.1, 0.15) is 45.2 Å². The molecule has 32 heavy (non-hydrogen) atoms. The maximum absolute atomic E-state index is 9.60. The summed E-state index contributed by atoms with van der Waals surface area (Å²) in [6.45, 7) is 8.08. The number of ether oxygens (including phenoxy) is 2. The zero-order valence-electron chi connectivity index (χ0n) is 18.7. The molecule has 0 atom stereocenters. The second-order valence-electron chi connectivity index (χ2n) is 8.64. The van der Waals surface area contributed by atoms with Crippen LogP contribution >= 0.6 is 11.6 Å². The lowest BCUT2D eigenvalue weighted by Gasteiger charge is -2.20. The maximum atomic E-state index is 9.60. The zero-order chi connectivity index (χ0) is 23.0. The Morgan fingerprint density at radius 3 is 2.12 bits per heavy atom. The van der Waals surface area contributed by atoms with Gasteiger partial charge in [-0.05, 0) is 101 Å². The van der Waals surface area contributed by atoms with Crippen molar-refractivity contribution < 1.29 is 14.3 Å². The number of nitrogens with zero attached hydrogens (tertiary/aromatic N) is 1. The number of carbonyl (C=O) groups excluding carboxylic acids is 1. The molecule has 2 N–H and O–H groups in total. The minimum atomic E-state index is -0.318. The number of H-pyrrole nitrogens is 1. The predicted octanol–water partition coefficient (Wildman–Crippen LogP) is 5.95. The van der Waals surface area contributed by atoms with Gasteiger partial charge in [-0.2, -0.15) is 5.10 Å². The van der Waals surface area contributed by atoms with Gasteiger partial charge < -0.3 is 14.8 Å². The quantitative estimate of drug-likeness (QED) is 0.465. The first kappa shape index (κ1) is 23.8. The van der Waals surface area contributed by atoms with Gasteiger partial charge in [-0.1, -0.05) is 11.6 Å². The van der Waals surface area contributed by atoms with E-state index in [-0.39, 0.29) is 5.60 Å². The molecular weight excluding hydrogens is 426 g/mol. The summed E-state index contributed by atoms with van der Waals surface area (Å²) in [4.78, 5) is 9.60. The Labute approximate surface area is 194 Å². The van der Waals surface area contributed by atoms with E-state index in [2.05, 4.69) is 26.3 Å². The van der Waals surface area contributed by atoms with Crippen molar-refractivity contribution in [1.29, 1.82) is 0 Å². The van der Waals surface area contributed by atoms with Gasteiger partial charge in [-0.15, -0.1) is 0 Å². The predicted molar refractivity (Wildman–Crippen MR) is 127 cm³/mol. The molecule has 1 aliphatic heterocycles. The van der Waals surface area contributed by atoms with Gasteiger partial charge in [0.15, 0.2) is 0 Å².